The van der Waals surface area contributed by atoms with Gasteiger partial charge in [-0.3, -0.25) is 9.55 Å². The fourth-order valence-corrected chi connectivity index (χ4v) is 8.07. The number of rotatable bonds is 5. The van der Waals surface area contributed by atoms with Crippen LogP contribution in [0.3, 0.4) is 0 Å². The van der Waals surface area contributed by atoms with Gasteiger partial charge in [-0.05, 0) is 124 Å². The van der Waals surface area contributed by atoms with E-state index in [9.17, 15) is 5.11 Å². The van der Waals surface area contributed by atoms with Gasteiger partial charge >= 0.3 is 0 Å². The molecule has 7 rings (SSSR count). The molecule has 0 unspecified atom stereocenters. The van der Waals surface area contributed by atoms with Crippen LogP contribution in [0.15, 0.2) is 109 Å². The van der Waals surface area contributed by atoms with E-state index in [-0.39, 0.29) is 22.0 Å². The van der Waals surface area contributed by atoms with Gasteiger partial charge in [0.25, 0.3) is 0 Å². The van der Waals surface area contributed by atoms with Crippen molar-refractivity contribution in [3.8, 4) is 56.3 Å². The Bertz CT molecular complexity index is 2530. The van der Waals surface area contributed by atoms with Crippen LogP contribution >= 0.6 is 0 Å². The highest BCUT2D eigenvalue weighted by Gasteiger charge is 2.31. The van der Waals surface area contributed by atoms with Crippen LogP contribution in [0, 0.1) is 20.8 Å². The largest absolute Gasteiger partial charge is 0.507 e. The molecule has 7 aromatic rings. The minimum Gasteiger partial charge on any atom is -0.507 e. The van der Waals surface area contributed by atoms with Crippen LogP contribution in [0.1, 0.15) is 95.7 Å². The predicted octanol–water partition coefficient (Wildman–Crippen LogP) is 13.6. The van der Waals surface area contributed by atoms with Gasteiger partial charge in [-0.2, -0.15) is 0 Å². The SMILES string of the molecule is Cc1cc(C)c(-n2c(-c3cc(-c4ccccc4)ccc3O)nc3c(-c4cc(-c5ccccn5)c(C(C)(C)C)cc4C(C)(C)C)cc(C(C)(C)C)cc32)c(C)c1. The predicted molar refractivity (Wildman–Crippen MR) is 233 cm³/mol. The molecule has 5 aromatic carbocycles. The van der Waals surface area contributed by atoms with E-state index >= 15 is 0 Å². The van der Waals surface area contributed by atoms with Crippen molar-refractivity contribution in [2.75, 3.05) is 0 Å². The van der Waals surface area contributed by atoms with Gasteiger partial charge in [0, 0.05) is 17.3 Å². The molecule has 0 bridgehead atoms. The van der Waals surface area contributed by atoms with Crippen LogP contribution in [0.2, 0.25) is 0 Å². The van der Waals surface area contributed by atoms with Crippen LogP contribution in [0.25, 0.3) is 61.6 Å². The highest BCUT2D eigenvalue weighted by Crippen LogP contribution is 2.47. The quantitative estimate of drug-likeness (QED) is 0.192. The van der Waals surface area contributed by atoms with Crippen LogP contribution in [-0.2, 0) is 16.2 Å². The number of aromatic hydroxyl groups is 1. The van der Waals surface area contributed by atoms with E-state index in [1.54, 1.807) is 6.07 Å². The molecular weight excluding hydrogens is 671 g/mol. The van der Waals surface area contributed by atoms with Gasteiger partial charge in [-0.25, -0.2) is 4.98 Å². The molecule has 1 N–H and O–H groups in total. The second-order valence-corrected chi connectivity index (χ2v) is 18.4. The molecule has 0 saturated heterocycles. The van der Waals surface area contributed by atoms with Gasteiger partial charge in [0.15, 0.2) is 0 Å². The number of pyridine rings is 1. The van der Waals surface area contributed by atoms with Crippen LogP contribution in [0.5, 0.6) is 5.75 Å². The monoisotopic (exact) mass is 725 g/mol. The van der Waals surface area contributed by atoms with Gasteiger partial charge in [0.05, 0.1) is 28.0 Å². The maximum absolute atomic E-state index is 11.7. The van der Waals surface area contributed by atoms with Gasteiger partial charge in [0.1, 0.15) is 11.6 Å². The molecule has 0 spiro atoms. The Morgan fingerprint density at radius 1 is 0.545 bits per heavy atom. The Balaban J connectivity index is 1.68. The van der Waals surface area contributed by atoms with Crippen molar-refractivity contribution in [3.05, 3.63) is 143 Å². The molecule has 2 heterocycles. The van der Waals surface area contributed by atoms with Crippen molar-refractivity contribution >= 4 is 11.0 Å². The molecule has 0 aliphatic rings. The third kappa shape index (κ3) is 7.11. The number of aromatic nitrogens is 3. The number of hydrogen-bond acceptors (Lipinski definition) is 3. The van der Waals surface area contributed by atoms with Crippen molar-refractivity contribution in [2.45, 2.75) is 99.3 Å². The van der Waals surface area contributed by atoms with E-state index < -0.39 is 0 Å². The maximum Gasteiger partial charge on any atom is 0.149 e. The molecule has 4 heteroatoms. The minimum absolute atomic E-state index is 0.121. The van der Waals surface area contributed by atoms with Crippen LogP contribution in [-0.4, -0.2) is 19.6 Å². The molecule has 2 aromatic heterocycles. The molecule has 0 amide bonds. The first-order valence-corrected chi connectivity index (χ1v) is 19.5. The van der Waals surface area contributed by atoms with E-state index in [4.69, 9.17) is 9.97 Å². The van der Waals surface area contributed by atoms with E-state index in [0.29, 0.717) is 11.4 Å². The molecule has 280 valence electrons. The number of hydrogen-bond donors (Lipinski definition) is 1. The molecule has 0 atom stereocenters. The van der Waals surface area contributed by atoms with Crippen molar-refractivity contribution < 1.29 is 5.11 Å². The zero-order valence-corrected chi connectivity index (χ0v) is 34.7. The standard InChI is InChI=1S/C51H55N3O/c1-31-24-32(2)47(33(3)25-31)54-44-28-36(49(4,5)6)27-38(46(44)53-48(54)40-26-35(21-22-45(40)55)34-18-14-13-15-19-34)37-29-39(43-20-16-17-23-52-43)42(51(10,11)12)30-41(37)50(7,8)9/h13-30,55H,1-12H3. The number of aryl methyl sites for hydroxylation is 3. The Kier molecular flexibility index (Phi) is 9.40. The average molecular weight is 726 g/mol. The first kappa shape index (κ1) is 37.8. The molecule has 0 aliphatic carbocycles. The van der Waals surface area contributed by atoms with Gasteiger partial charge in [0.2, 0.25) is 0 Å². The number of nitrogens with zero attached hydrogens (tertiary/aromatic N) is 3. The summed E-state index contributed by atoms with van der Waals surface area (Å²) in [5, 5.41) is 11.7. The Labute approximate surface area is 328 Å². The van der Waals surface area contributed by atoms with Crippen molar-refractivity contribution in [1.82, 2.24) is 14.5 Å². The Morgan fingerprint density at radius 3 is 1.78 bits per heavy atom. The third-order valence-electron chi connectivity index (χ3n) is 10.8. The summed E-state index contributed by atoms with van der Waals surface area (Å²) in [5.41, 5.74) is 16.9. The molecule has 0 radical (unpaired) electrons. The molecule has 4 nitrogen and oxygen atoms in total. The number of benzene rings is 5. The van der Waals surface area contributed by atoms with E-state index in [0.717, 1.165) is 61.4 Å². The lowest BCUT2D eigenvalue weighted by atomic mass is 9.74. The van der Waals surface area contributed by atoms with Gasteiger partial charge < -0.3 is 5.11 Å². The lowest BCUT2D eigenvalue weighted by molar-refractivity contribution is 0.477. The van der Waals surface area contributed by atoms with Crippen LogP contribution < -0.4 is 0 Å². The Morgan fingerprint density at radius 2 is 1.18 bits per heavy atom. The number of imidazole rings is 1. The highest BCUT2D eigenvalue weighted by atomic mass is 16.3. The smallest absolute Gasteiger partial charge is 0.149 e. The van der Waals surface area contributed by atoms with Gasteiger partial charge in [-0.15, -0.1) is 0 Å². The molecule has 0 saturated carbocycles. The summed E-state index contributed by atoms with van der Waals surface area (Å²) >= 11 is 0. The normalized spacial score (nSPS) is 12.4. The number of phenols is 1. The molecule has 55 heavy (non-hydrogen) atoms. The summed E-state index contributed by atoms with van der Waals surface area (Å²) in [4.78, 5) is 10.5. The molecule has 0 aliphatic heterocycles. The minimum atomic E-state index is -0.181. The summed E-state index contributed by atoms with van der Waals surface area (Å²) < 4.78 is 2.31. The molecule has 0 fully saturated rings. The number of phenolic OH excluding ortho intramolecular Hbond substituents is 1. The summed E-state index contributed by atoms with van der Waals surface area (Å²) in [5.74, 6) is 0.903. The average Bonchev–Trinajstić information content (AvgIpc) is 3.49. The van der Waals surface area contributed by atoms with Crippen molar-refractivity contribution in [1.29, 1.82) is 0 Å². The first-order valence-electron chi connectivity index (χ1n) is 19.5. The summed E-state index contributed by atoms with van der Waals surface area (Å²) in [6.07, 6.45) is 1.88. The zero-order chi connectivity index (χ0) is 39.6. The highest BCUT2D eigenvalue weighted by molar-refractivity contribution is 5.99. The van der Waals surface area contributed by atoms with E-state index in [1.807, 2.05) is 36.5 Å². The van der Waals surface area contributed by atoms with Gasteiger partial charge in [-0.1, -0.05) is 129 Å². The zero-order valence-electron chi connectivity index (χ0n) is 34.7. The van der Waals surface area contributed by atoms with E-state index in [1.165, 1.54) is 22.3 Å². The fraction of sp³-hybridized carbons (Fsp3) is 0.294. The second kappa shape index (κ2) is 13.7. The van der Waals surface area contributed by atoms with Crippen LogP contribution in [0.4, 0.5) is 0 Å². The summed E-state index contributed by atoms with van der Waals surface area (Å²) in [7, 11) is 0. The Hall–Kier alpha value is -5.48. The first-order chi connectivity index (χ1) is 25.8. The number of fused-ring (bicyclic) bond motifs is 1. The van der Waals surface area contributed by atoms with Crippen molar-refractivity contribution in [2.24, 2.45) is 0 Å². The van der Waals surface area contributed by atoms with E-state index in [2.05, 4.69) is 154 Å². The van der Waals surface area contributed by atoms with Crippen molar-refractivity contribution in [3.63, 3.8) is 0 Å². The maximum atomic E-state index is 11.7. The second-order valence-electron chi connectivity index (χ2n) is 18.4. The summed E-state index contributed by atoms with van der Waals surface area (Å²) in [6.45, 7) is 27.1. The summed E-state index contributed by atoms with van der Waals surface area (Å²) in [6, 6.07) is 36.4. The lowest BCUT2D eigenvalue weighted by Gasteiger charge is -2.31. The fourth-order valence-electron chi connectivity index (χ4n) is 8.07. The lowest BCUT2D eigenvalue weighted by Crippen LogP contribution is -2.19. The topological polar surface area (TPSA) is 50.9 Å². The third-order valence-corrected chi connectivity index (χ3v) is 10.8. The molecular formula is C51H55N3O.